The van der Waals surface area contributed by atoms with E-state index in [-0.39, 0.29) is 5.54 Å². The van der Waals surface area contributed by atoms with E-state index >= 15 is 0 Å². The van der Waals surface area contributed by atoms with Crippen molar-refractivity contribution in [1.29, 1.82) is 0 Å². The lowest BCUT2D eigenvalue weighted by atomic mass is 10.1. The van der Waals surface area contributed by atoms with Gasteiger partial charge in [0.2, 0.25) is 0 Å². The number of rotatable bonds is 0. The lowest BCUT2D eigenvalue weighted by Gasteiger charge is -2.29. The van der Waals surface area contributed by atoms with E-state index in [0.717, 1.165) is 13.0 Å². The average Bonchev–Trinajstić information content (AvgIpc) is 2.11. The van der Waals surface area contributed by atoms with Gasteiger partial charge in [0.15, 0.2) is 0 Å². The molecule has 1 aliphatic heterocycles. The van der Waals surface area contributed by atoms with Gasteiger partial charge in [0.1, 0.15) is 0 Å². The van der Waals surface area contributed by atoms with Gasteiger partial charge >= 0.3 is 0 Å². The van der Waals surface area contributed by atoms with Crippen LogP contribution in [0.3, 0.4) is 0 Å². The van der Waals surface area contributed by atoms with Crippen LogP contribution in [0.1, 0.15) is 34.1 Å². The van der Waals surface area contributed by atoms with Crippen LogP contribution in [0, 0.1) is 0 Å². The highest BCUT2D eigenvalue weighted by Gasteiger charge is 2.28. The minimum atomic E-state index is 0.171. The maximum absolute atomic E-state index is 5.56. The topological polar surface area (TPSA) is 12.5 Å². The Hall–Kier alpha value is -0.0800. The van der Waals surface area contributed by atoms with Crippen LogP contribution >= 0.6 is 0 Å². The maximum atomic E-state index is 5.56. The third-order valence-electron chi connectivity index (χ3n) is 1.79. The molecule has 0 amide bonds. The van der Waals surface area contributed by atoms with Crippen molar-refractivity contribution in [2.75, 3.05) is 6.54 Å². The number of hydroxylamine groups is 2. The minimum Gasteiger partial charge on any atom is -0.295 e. The summed E-state index contributed by atoms with van der Waals surface area (Å²) in [5, 5.41) is 2.07. The number of hydrogen-bond donors (Lipinski definition) is 0. The zero-order chi connectivity index (χ0) is 7.78. The van der Waals surface area contributed by atoms with Crippen molar-refractivity contribution in [3.05, 3.63) is 0 Å². The van der Waals surface area contributed by atoms with Gasteiger partial charge in [-0.05, 0) is 34.1 Å². The first-order valence-corrected chi connectivity index (χ1v) is 3.94. The lowest BCUT2D eigenvalue weighted by molar-refractivity contribution is -0.190. The van der Waals surface area contributed by atoms with Crippen LogP contribution in [0.15, 0.2) is 0 Å². The average molecular weight is 143 g/mol. The van der Waals surface area contributed by atoms with E-state index in [9.17, 15) is 0 Å². The molecule has 0 aromatic heterocycles. The molecule has 0 spiro atoms. The second-order valence-electron chi connectivity index (χ2n) is 3.98. The first-order chi connectivity index (χ1) is 4.50. The van der Waals surface area contributed by atoms with E-state index in [2.05, 4.69) is 32.8 Å². The molecule has 1 atom stereocenters. The van der Waals surface area contributed by atoms with Crippen LogP contribution in [-0.4, -0.2) is 23.3 Å². The first-order valence-electron chi connectivity index (χ1n) is 3.94. The van der Waals surface area contributed by atoms with Crippen molar-refractivity contribution < 1.29 is 4.84 Å². The van der Waals surface area contributed by atoms with E-state index in [0.29, 0.717) is 6.10 Å². The highest BCUT2D eigenvalue weighted by atomic mass is 16.7. The maximum Gasteiger partial charge on any atom is 0.0778 e. The van der Waals surface area contributed by atoms with Gasteiger partial charge in [0.05, 0.1) is 6.10 Å². The Morgan fingerprint density at radius 2 is 2.00 bits per heavy atom. The summed E-state index contributed by atoms with van der Waals surface area (Å²) in [7, 11) is 0. The molecule has 0 radical (unpaired) electrons. The molecule has 1 unspecified atom stereocenters. The van der Waals surface area contributed by atoms with Gasteiger partial charge in [-0.15, -0.1) is 0 Å². The molecule has 10 heavy (non-hydrogen) atoms. The molecule has 0 saturated carbocycles. The Balaban J connectivity index is 2.45. The van der Waals surface area contributed by atoms with Gasteiger partial charge in [0.25, 0.3) is 0 Å². The number of hydrogen-bond acceptors (Lipinski definition) is 2. The third-order valence-corrected chi connectivity index (χ3v) is 1.79. The smallest absolute Gasteiger partial charge is 0.0778 e. The Morgan fingerprint density at radius 3 is 2.20 bits per heavy atom. The molecule has 1 rings (SSSR count). The number of nitrogens with zero attached hydrogens (tertiary/aromatic N) is 1. The Labute approximate surface area is 63.1 Å². The van der Waals surface area contributed by atoms with Crippen molar-refractivity contribution in [2.45, 2.75) is 45.8 Å². The molecule has 1 heterocycles. The Bertz CT molecular complexity index is 117. The summed E-state index contributed by atoms with van der Waals surface area (Å²) in [6.45, 7) is 9.71. The molecule has 0 bridgehead atoms. The molecule has 2 nitrogen and oxygen atoms in total. The largest absolute Gasteiger partial charge is 0.295 e. The molecule has 2 heteroatoms. The van der Waals surface area contributed by atoms with Crippen molar-refractivity contribution in [1.82, 2.24) is 5.06 Å². The zero-order valence-corrected chi connectivity index (χ0v) is 7.35. The Morgan fingerprint density at radius 1 is 1.40 bits per heavy atom. The fourth-order valence-electron chi connectivity index (χ4n) is 1.12. The molecular formula is C8H17NO. The summed E-state index contributed by atoms with van der Waals surface area (Å²) in [5.41, 5.74) is 0.171. The van der Waals surface area contributed by atoms with Gasteiger partial charge in [-0.2, -0.15) is 5.06 Å². The second kappa shape index (κ2) is 2.51. The normalized spacial score (nSPS) is 29.4. The summed E-state index contributed by atoms with van der Waals surface area (Å²) in [5.74, 6) is 0. The first kappa shape index (κ1) is 8.02. The fourth-order valence-corrected chi connectivity index (χ4v) is 1.12. The highest BCUT2D eigenvalue weighted by Crippen LogP contribution is 2.22. The molecule has 0 aromatic rings. The van der Waals surface area contributed by atoms with E-state index in [1.165, 1.54) is 0 Å². The lowest BCUT2D eigenvalue weighted by Crippen LogP contribution is -2.38. The van der Waals surface area contributed by atoms with Crippen molar-refractivity contribution in [2.24, 2.45) is 0 Å². The van der Waals surface area contributed by atoms with Crippen LogP contribution < -0.4 is 0 Å². The van der Waals surface area contributed by atoms with Crippen LogP contribution in [-0.2, 0) is 4.84 Å². The van der Waals surface area contributed by atoms with E-state index in [1.807, 2.05) is 0 Å². The minimum absolute atomic E-state index is 0.171. The van der Waals surface area contributed by atoms with Gasteiger partial charge in [-0.3, -0.25) is 4.84 Å². The van der Waals surface area contributed by atoms with E-state index < -0.39 is 0 Å². The van der Waals surface area contributed by atoms with E-state index in [4.69, 9.17) is 4.84 Å². The van der Waals surface area contributed by atoms with Crippen LogP contribution in [0.5, 0.6) is 0 Å². The summed E-state index contributed by atoms with van der Waals surface area (Å²) < 4.78 is 0. The van der Waals surface area contributed by atoms with Crippen LogP contribution in [0.4, 0.5) is 0 Å². The Kier molecular flexibility index (Phi) is 2.02. The predicted molar refractivity (Wildman–Crippen MR) is 41.6 cm³/mol. The highest BCUT2D eigenvalue weighted by molar-refractivity contribution is 4.74. The molecular weight excluding hydrogens is 126 g/mol. The van der Waals surface area contributed by atoms with Crippen molar-refractivity contribution >= 4 is 0 Å². The van der Waals surface area contributed by atoms with E-state index in [1.54, 1.807) is 0 Å². The molecule has 1 aliphatic rings. The molecule has 0 aromatic carbocycles. The summed E-state index contributed by atoms with van der Waals surface area (Å²) >= 11 is 0. The summed E-state index contributed by atoms with van der Waals surface area (Å²) in [4.78, 5) is 5.56. The predicted octanol–water partition coefficient (Wildman–Crippen LogP) is 1.81. The molecule has 0 aliphatic carbocycles. The zero-order valence-electron chi connectivity index (χ0n) is 7.35. The van der Waals surface area contributed by atoms with Crippen LogP contribution in [0.2, 0.25) is 0 Å². The fraction of sp³-hybridized carbons (Fsp3) is 1.00. The van der Waals surface area contributed by atoms with Crippen molar-refractivity contribution in [3.8, 4) is 0 Å². The monoisotopic (exact) mass is 143 g/mol. The molecule has 60 valence electrons. The molecule has 1 fully saturated rings. The third kappa shape index (κ3) is 1.70. The van der Waals surface area contributed by atoms with Gasteiger partial charge in [0, 0.05) is 12.1 Å². The standard InChI is InChI=1S/C8H17NO/c1-7-5-6-9(10-7)8(2,3)4/h7H,5-6H2,1-4H3. The second-order valence-corrected chi connectivity index (χ2v) is 3.98. The summed E-state index contributed by atoms with van der Waals surface area (Å²) in [6.07, 6.45) is 1.58. The van der Waals surface area contributed by atoms with Gasteiger partial charge < -0.3 is 0 Å². The summed E-state index contributed by atoms with van der Waals surface area (Å²) in [6, 6.07) is 0. The molecule has 0 N–H and O–H groups in total. The van der Waals surface area contributed by atoms with Gasteiger partial charge in [-0.1, -0.05) is 0 Å². The van der Waals surface area contributed by atoms with Crippen LogP contribution in [0.25, 0.3) is 0 Å². The van der Waals surface area contributed by atoms with Gasteiger partial charge in [-0.25, -0.2) is 0 Å². The SMILES string of the molecule is CC1CCN(C(C)(C)C)O1. The van der Waals surface area contributed by atoms with Crippen molar-refractivity contribution in [3.63, 3.8) is 0 Å². The molecule has 1 saturated heterocycles. The quantitative estimate of drug-likeness (QED) is 0.513.